The summed E-state index contributed by atoms with van der Waals surface area (Å²) in [6.07, 6.45) is 7.76. The maximum absolute atomic E-state index is 12.9. The van der Waals surface area contributed by atoms with Gasteiger partial charge in [-0.15, -0.1) is 10.2 Å². The quantitative estimate of drug-likeness (QED) is 0.634. The number of hydrogen-bond donors (Lipinski definition) is 1. The Balaban J connectivity index is 1.56. The SMILES string of the molecule is Cc1nc(Nc2nnc(C)s2)cc(C2CCCCN2C(=O)/C=C/c2ccco2)n1. The van der Waals surface area contributed by atoms with Crippen LogP contribution in [0, 0.1) is 13.8 Å². The molecule has 0 radical (unpaired) electrons. The van der Waals surface area contributed by atoms with Crippen LogP contribution in [0.4, 0.5) is 10.9 Å². The minimum Gasteiger partial charge on any atom is -0.465 e. The number of hydrogen-bond acceptors (Lipinski definition) is 8. The summed E-state index contributed by atoms with van der Waals surface area (Å²) in [4.78, 5) is 23.8. The highest BCUT2D eigenvalue weighted by Crippen LogP contribution is 2.31. The summed E-state index contributed by atoms with van der Waals surface area (Å²) >= 11 is 1.46. The highest BCUT2D eigenvalue weighted by molar-refractivity contribution is 7.15. The van der Waals surface area contributed by atoms with E-state index in [-0.39, 0.29) is 11.9 Å². The average molecular weight is 411 g/mol. The molecule has 29 heavy (non-hydrogen) atoms. The zero-order chi connectivity index (χ0) is 20.2. The van der Waals surface area contributed by atoms with Crippen molar-refractivity contribution < 1.29 is 9.21 Å². The molecule has 150 valence electrons. The molecular formula is C20H22N6O2S. The zero-order valence-corrected chi connectivity index (χ0v) is 17.1. The lowest BCUT2D eigenvalue weighted by Gasteiger charge is -2.35. The first-order valence-corrected chi connectivity index (χ1v) is 10.3. The minimum atomic E-state index is -0.0871. The number of amides is 1. The predicted octanol–water partition coefficient (Wildman–Crippen LogP) is 4.05. The van der Waals surface area contributed by atoms with Gasteiger partial charge in [-0.2, -0.15) is 0 Å². The number of piperidine rings is 1. The third-order valence-electron chi connectivity index (χ3n) is 4.68. The fraction of sp³-hybridized carbons (Fsp3) is 0.350. The zero-order valence-electron chi connectivity index (χ0n) is 16.3. The van der Waals surface area contributed by atoms with E-state index in [9.17, 15) is 4.79 Å². The van der Waals surface area contributed by atoms with E-state index in [0.29, 0.717) is 29.1 Å². The lowest BCUT2D eigenvalue weighted by atomic mass is 9.98. The molecule has 0 spiro atoms. The molecule has 4 heterocycles. The van der Waals surface area contributed by atoms with Crippen molar-refractivity contribution in [3.8, 4) is 0 Å². The van der Waals surface area contributed by atoms with Gasteiger partial charge in [0.2, 0.25) is 11.0 Å². The summed E-state index contributed by atoms with van der Waals surface area (Å²) in [5.74, 6) is 1.92. The molecule has 1 saturated heterocycles. The van der Waals surface area contributed by atoms with Gasteiger partial charge in [-0.1, -0.05) is 11.3 Å². The maximum Gasteiger partial charge on any atom is 0.247 e. The smallest absolute Gasteiger partial charge is 0.247 e. The third-order valence-corrected chi connectivity index (χ3v) is 5.43. The molecule has 3 aromatic heterocycles. The molecule has 0 bridgehead atoms. The number of rotatable bonds is 5. The second kappa shape index (κ2) is 8.52. The molecule has 9 heteroatoms. The van der Waals surface area contributed by atoms with Crippen LogP contribution < -0.4 is 5.32 Å². The van der Waals surface area contributed by atoms with Crippen LogP contribution in [-0.2, 0) is 4.79 Å². The molecule has 1 fully saturated rings. The van der Waals surface area contributed by atoms with Crippen molar-refractivity contribution in [2.75, 3.05) is 11.9 Å². The first-order valence-electron chi connectivity index (χ1n) is 9.53. The monoisotopic (exact) mass is 410 g/mol. The average Bonchev–Trinajstić information content (AvgIpc) is 3.37. The highest BCUT2D eigenvalue weighted by atomic mass is 32.1. The number of carbonyl (C=O) groups excluding carboxylic acids is 1. The molecule has 0 aliphatic carbocycles. The van der Waals surface area contributed by atoms with Gasteiger partial charge in [-0.25, -0.2) is 9.97 Å². The van der Waals surface area contributed by atoms with E-state index in [1.807, 2.05) is 30.9 Å². The maximum atomic E-state index is 12.9. The Kier molecular flexibility index (Phi) is 5.66. The molecule has 1 unspecified atom stereocenters. The fourth-order valence-corrected chi connectivity index (χ4v) is 4.02. The van der Waals surface area contributed by atoms with Gasteiger partial charge in [0.25, 0.3) is 0 Å². The predicted molar refractivity (Wildman–Crippen MR) is 111 cm³/mol. The Morgan fingerprint density at radius 2 is 2.21 bits per heavy atom. The van der Waals surface area contributed by atoms with Crippen molar-refractivity contribution >= 4 is 34.3 Å². The number of carbonyl (C=O) groups is 1. The second-order valence-electron chi connectivity index (χ2n) is 6.87. The Morgan fingerprint density at radius 1 is 1.31 bits per heavy atom. The van der Waals surface area contributed by atoms with E-state index >= 15 is 0 Å². The van der Waals surface area contributed by atoms with Crippen LogP contribution in [0.15, 0.2) is 35.0 Å². The minimum absolute atomic E-state index is 0.0448. The van der Waals surface area contributed by atoms with Crippen molar-refractivity contribution in [2.24, 2.45) is 0 Å². The Hall–Kier alpha value is -3.07. The topological polar surface area (TPSA) is 97.0 Å². The molecule has 3 aromatic rings. The van der Waals surface area contributed by atoms with E-state index in [1.54, 1.807) is 24.5 Å². The molecule has 1 N–H and O–H groups in total. The normalized spacial score (nSPS) is 17.0. The van der Waals surface area contributed by atoms with Crippen LogP contribution in [0.5, 0.6) is 0 Å². The van der Waals surface area contributed by atoms with Gasteiger partial charge in [0, 0.05) is 18.7 Å². The van der Waals surface area contributed by atoms with E-state index in [2.05, 4.69) is 25.5 Å². The standard InChI is InChI=1S/C20H22N6O2S/c1-13-21-16(12-18(22-13)23-20-25-24-14(2)29-20)17-7-3-4-10-26(17)19(27)9-8-15-6-5-11-28-15/h5-6,8-9,11-12,17H,3-4,7,10H2,1-2H3,(H,21,22,23,25)/b9-8+. The van der Waals surface area contributed by atoms with Crippen LogP contribution in [0.3, 0.4) is 0 Å². The van der Waals surface area contributed by atoms with Gasteiger partial charge in [-0.3, -0.25) is 4.79 Å². The van der Waals surface area contributed by atoms with Crippen LogP contribution in [0.2, 0.25) is 0 Å². The van der Waals surface area contributed by atoms with Crippen LogP contribution in [-0.4, -0.2) is 37.5 Å². The number of furan rings is 1. The lowest BCUT2D eigenvalue weighted by molar-refractivity contribution is -0.129. The largest absolute Gasteiger partial charge is 0.465 e. The van der Waals surface area contributed by atoms with Crippen molar-refractivity contribution in [1.29, 1.82) is 0 Å². The molecule has 0 aromatic carbocycles. The summed E-state index contributed by atoms with van der Waals surface area (Å²) in [7, 11) is 0. The van der Waals surface area contributed by atoms with Gasteiger partial charge < -0.3 is 14.6 Å². The lowest BCUT2D eigenvalue weighted by Crippen LogP contribution is -2.38. The molecule has 1 aliphatic heterocycles. The van der Waals surface area contributed by atoms with Gasteiger partial charge >= 0.3 is 0 Å². The molecule has 1 aliphatic rings. The fourth-order valence-electron chi connectivity index (χ4n) is 3.42. The molecule has 4 rings (SSSR count). The van der Waals surface area contributed by atoms with Gasteiger partial charge in [-0.05, 0) is 51.3 Å². The highest BCUT2D eigenvalue weighted by Gasteiger charge is 2.28. The summed E-state index contributed by atoms with van der Waals surface area (Å²) in [5, 5.41) is 12.9. The number of aryl methyl sites for hydroxylation is 2. The molecular weight excluding hydrogens is 388 g/mol. The molecule has 8 nitrogen and oxygen atoms in total. The van der Waals surface area contributed by atoms with E-state index < -0.39 is 0 Å². The van der Waals surface area contributed by atoms with Crippen LogP contribution in [0.1, 0.15) is 47.6 Å². The van der Waals surface area contributed by atoms with Gasteiger partial charge in [0.1, 0.15) is 22.4 Å². The van der Waals surface area contributed by atoms with E-state index in [4.69, 9.17) is 4.42 Å². The summed E-state index contributed by atoms with van der Waals surface area (Å²) in [5.41, 5.74) is 0.834. The molecule has 1 amide bonds. The van der Waals surface area contributed by atoms with Crippen molar-refractivity contribution in [3.63, 3.8) is 0 Å². The van der Waals surface area contributed by atoms with E-state index in [0.717, 1.165) is 30.0 Å². The summed E-state index contributed by atoms with van der Waals surface area (Å²) in [6.45, 7) is 4.46. The Labute approximate surface area is 172 Å². The second-order valence-corrected chi connectivity index (χ2v) is 8.05. The van der Waals surface area contributed by atoms with Crippen LogP contribution >= 0.6 is 11.3 Å². The summed E-state index contributed by atoms with van der Waals surface area (Å²) < 4.78 is 5.28. The van der Waals surface area contributed by atoms with E-state index in [1.165, 1.54) is 11.3 Å². The Morgan fingerprint density at radius 3 is 2.97 bits per heavy atom. The third kappa shape index (κ3) is 4.68. The Bertz CT molecular complexity index is 1010. The first-order chi connectivity index (χ1) is 14.1. The number of nitrogens with zero attached hydrogens (tertiary/aromatic N) is 5. The van der Waals surface area contributed by atoms with Crippen molar-refractivity contribution in [1.82, 2.24) is 25.1 Å². The number of anilines is 2. The van der Waals surface area contributed by atoms with Crippen molar-refractivity contribution in [2.45, 2.75) is 39.2 Å². The van der Waals surface area contributed by atoms with Crippen LogP contribution in [0.25, 0.3) is 6.08 Å². The number of nitrogens with one attached hydrogen (secondary N) is 1. The van der Waals surface area contributed by atoms with Crippen molar-refractivity contribution in [3.05, 3.63) is 52.8 Å². The van der Waals surface area contributed by atoms with Gasteiger partial charge in [0.15, 0.2) is 0 Å². The number of aromatic nitrogens is 4. The summed E-state index contributed by atoms with van der Waals surface area (Å²) in [6, 6.07) is 5.43. The van der Waals surface area contributed by atoms with Gasteiger partial charge in [0.05, 0.1) is 18.0 Å². The number of likely N-dealkylation sites (tertiary alicyclic amines) is 1. The molecule has 1 atom stereocenters. The molecule has 0 saturated carbocycles. The first kappa shape index (κ1) is 19.3.